The molecule has 0 atom stereocenters. The van der Waals surface area contributed by atoms with Crippen molar-refractivity contribution in [1.29, 1.82) is 0 Å². The Hall–Kier alpha value is -1.75. The van der Waals surface area contributed by atoms with Crippen molar-refractivity contribution in [2.24, 2.45) is 5.73 Å². The second-order valence-electron chi connectivity index (χ2n) is 4.12. The van der Waals surface area contributed by atoms with Crippen molar-refractivity contribution >= 4 is 11.6 Å². The molecule has 1 aromatic carbocycles. The SMILES string of the molecule is CN(C)CCCOc1ccc(N)c(C(N)=O)c1. The first kappa shape index (κ1) is 13.3. The van der Waals surface area contributed by atoms with E-state index in [0.29, 0.717) is 23.6 Å². The first-order valence-corrected chi connectivity index (χ1v) is 5.47. The molecule has 0 saturated carbocycles. The number of rotatable bonds is 6. The minimum atomic E-state index is -0.541. The largest absolute Gasteiger partial charge is 0.494 e. The standard InChI is InChI=1S/C12H19N3O2/c1-15(2)6-3-7-17-9-4-5-11(13)10(8-9)12(14)16/h4-5,8H,3,6-7,13H2,1-2H3,(H2,14,16). The second-order valence-corrected chi connectivity index (χ2v) is 4.12. The number of nitrogens with two attached hydrogens (primary N) is 2. The molecule has 94 valence electrons. The molecule has 0 aliphatic rings. The van der Waals surface area contributed by atoms with Gasteiger partial charge in [0.15, 0.2) is 0 Å². The molecule has 5 heteroatoms. The maximum atomic E-state index is 11.1. The Morgan fingerprint density at radius 1 is 1.41 bits per heavy atom. The summed E-state index contributed by atoms with van der Waals surface area (Å²) in [5, 5.41) is 0. The Labute approximate surface area is 101 Å². The monoisotopic (exact) mass is 237 g/mol. The predicted molar refractivity (Wildman–Crippen MR) is 68.0 cm³/mol. The molecular formula is C12H19N3O2. The highest BCUT2D eigenvalue weighted by molar-refractivity contribution is 5.98. The summed E-state index contributed by atoms with van der Waals surface area (Å²) in [6.45, 7) is 1.55. The molecule has 1 aromatic rings. The zero-order valence-electron chi connectivity index (χ0n) is 10.3. The van der Waals surface area contributed by atoms with E-state index in [1.807, 2.05) is 14.1 Å². The van der Waals surface area contributed by atoms with Gasteiger partial charge in [0, 0.05) is 12.2 Å². The number of ether oxygens (including phenoxy) is 1. The second kappa shape index (κ2) is 6.10. The van der Waals surface area contributed by atoms with Gasteiger partial charge in [-0.05, 0) is 38.7 Å². The third kappa shape index (κ3) is 4.32. The molecule has 5 nitrogen and oxygen atoms in total. The number of nitrogen functional groups attached to an aromatic ring is 1. The van der Waals surface area contributed by atoms with E-state index in [1.165, 1.54) is 0 Å². The first-order valence-electron chi connectivity index (χ1n) is 5.47. The molecule has 0 aliphatic carbocycles. The molecule has 4 N–H and O–H groups in total. The first-order chi connectivity index (χ1) is 8.00. The van der Waals surface area contributed by atoms with E-state index >= 15 is 0 Å². The summed E-state index contributed by atoms with van der Waals surface area (Å²) in [4.78, 5) is 13.2. The summed E-state index contributed by atoms with van der Waals surface area (Å²) < 4.78 is 5.51. The fraction of sp³-hybridized carbons (Fsp3) is 0.417. The number of hydrogen-bond acceptors (Lipinski definition) is 4. The molecule has 0 saturated heterocycles. The van der Waals surface area contributed by atoms with E-state index in [2.05, 4.69) is 4.90 Å². The van der Waals surface area contributed by atoms with Crippen LogP contribution in [0, 0.1) is 0 Å². The fourth-order valence-electron chi connectivity index (χ4n) is 1.41. The van der Waals surface area contributed by atoms with Crippen molar-refractivity contribution in [3.05, 3.63) is 23.8 Å². The molecule has 1 amide bonds. The maximum Gasteiger partial charge on any atom is 0.250 e. The minimum absolute atomic E-state index is 0.301. The van der Waals surface area contributed by atoms with Crippen molar-refractivity contribution < 1.29 is 9.53 Å². The van der Waals surface area contributed by atoms with Gasteiger partial charge in [0.2, 0.25) is 0 Å². The van der Waals surface area contributed by atoms with Gasteiger partial charge >= 0.3 is 0 Å². The van der Waals surface area contributed by atoms with E-state index in [9.17, 15) is 4.79 Å². The van der Waals surface area contributed by atoms with Crippen molar-refractivity contribution in [2.75, 3.05) is 33.0 Å². The Morgan fingerprint density at radius 3 is 2.71 bits per heavy atom. The van der Waals surface area contributed by atoms with Crippen LogP contribution in [0.2, 0.25) is 0 Å². The topological polar surface area (TPSA) is 81.6 Å². The van der Waals surface area contributed by atoms with E-state index in [0.717, 1.165) is 13.0 Å². The number of benzene rings is 1. The average Bonchev–Trinajstić information content (AvgIpc) is 2.25. The number of primary amides is 1. The molecule has 0 heterocycles. The summed E-state index contributed by atoms with van der Waals surface area (Å²) in [7, 11) is 4.02. The van der Waals surface area contributed by atoms with Crippen molar-refractivity contribution in [1.82, 2.24) is 4.90 Å². The van der Waals surface area contributed by atoms with Crippen LogP contribution in [0.3, 0.4) is 0 Å². The highest BCUT2D eigenvalue weighted by Crippen LogP contribution is 2.19. The van der Waals surface area contributed by atoms with Crippen molar-refractivity contribution in [2.45, 2.75) is 6.42 Å². The van der Waals surface area contributed by atoms with Gasteiger partial charge in [-0.15, -0.1) is 0 Å². The highest BCUT2D eigenvalue weighted by Gasteiger charge is 2.07. The van der Waals surface area contributed by atoms with Crippen molar-refractivity contribution in [3.63, 3.8) is 0 Å². The van der Waals surface area contributed by atoms with Gasteiger partial charge in [-0.2, -0.15) is 0 Å². The summed E-state index contributed by atoms with van der Waals surface area (Å²) in [5.74, 6) is 0.0768. The normalized spacial score (nSPS) is 10.5. The Bertz CT molecular complexity index is 391. The van der Waals surface area contributed by atoms with E-state index < -0.39 is 5.91 Å². The quantitative estimate of drug-likeness (QED) is 0.563. The van der Waals surface area contributed by atoms with Gasteiger partial charge in [0.1, 0.15) is 5.75 Å². The molecule has 0 aliphatic heterocycles. The Morgan fingerprint density at radius 2 is 2.12 bits per heavy atom. The summed E-state index contributed by atoms with van der Waals surface area (Å²) in [5.41, 5.74) is 11.5. The lowest BCUT2D eigenvalue weighted by Crippen LogP contribution is -2.16. The van der Waals surface area contributed by atoms with E-state index in [1.54, 1.807) is 18.2 Å². The number of anilines is 1. The maximum absolute atomic E-state index is 11.1. The predicted octanol–water partition coefficient (Wildman–Crippen LogP) is 0.698. The smallest absolute Gasteiger partial charge is 0.250 e. The van der Waals surface area contributed by atoms with Crippen LogP contribution in [0.25, 0.3) is 0 Å². The molecular weight excluding hydrogens is 218 g/mol. The van der Waals surface area contributed by atoms with Gasteiger partial charge in [0.25, 0.3) is 5.91 Å². The molecule has 0 spiro atoms. The van der Waals surface area contributed by atoms with Gasteiger partial charge in [-0.25, -0.2) is 0 Å². The summed E-state index contributed by atoms with van der Waals surface area (Å²) in [6.07, 6.45) is 0.920. The van der Waals surface area contributed by atoms with Crippen LogP contribution < -0.4 is 16.2 Å². The van der Waals surface area contributed by atoms with Gasteiger partial charge in [-0.1, -0.05) is 0 Å². The van der Waals surface area contributed by atoms with Crippen LogP contribution in [0.15, 0.2) is 18.2 Å². The number of amides is 1. The lowest BCUT2D eigenvalue weighted by molar-refractivity contribution is 0.100. The van der Waals surface area contributed by atoms with Crippen molar-refractivity contribution in [3.8, 4) is 5.75 Å². The zero-order valence-corrected chi connectivity index (χ0v) is 10.3. The number of nitrogens with zero attached hydrogens (tertiary/aromatic N) is 1. The van der Waals surface area contributed by atoms with Gasteiger partial charge in [0.05, 0.1) is 12.2 Å². The van der Waals surface area contributed by atoms with Gasteiger partial charge in [-0.3, -0.25) is 4.79 Å². The van der Waals surface area contributed by atoms with E-state index in [-0.39, 0.29) is 0 Å². The molecule has 0 unspecified atom stereocenters. The number of carbonyl (C=O) groups is 1. The van der Waals surface area contributed by atoms with Crippen LogP contribution in [-0.4, -0.2) is 38.1 Å². The lowest BCUT2D eigenvalue weighted by Gasteiger charge is -2.11. The molecule has 0 bridgehead atoms. The molecule has 0 fully saturated rings. The third-order valence-corrected chi connectivity index (χ3v) is 2.31. The molecule has 0 radical (unpaired) electrons. The summed E-state index contributed by atoms with van der Waals surface area (Å²) in [6, 6.07) is 4.94. The summed E-state index contributed by atoms with van der Waals surface area (Å²) >= 11 is 0. The average molecular weight is 237 g/mol. The van der Waals surface area contributed by atoms with Crippen LogP contribution in [0.4, 0.5) is 5.69 Å². The fourth-order valence-corrected chi connectivity index (χ4v) is 1.41. The molecule has 0 aromatic heterocycles. The van der Waals surface area contributed by atoms with E-state index in [4.69, 9.17) is 16.2 Å². The van der Waals surface area contributed by atoms with Crippen LogP contribution in [-0.2, 0) is 0 Å². The third-order valence-electron chi connectivity index (χ3n) is 2.31. The lowest BCUT2D eigenvalue weighted by atomic mass is 10.1. The van der Waals surface area contributed by atoms with Gasteiger partial charge < -0.3 is 21.1 Å². The number of carbonyl (C=O) groups excluding carboxylic acids is 1. The number of hydrogen-bond donors (Lipinski definition) is 2. The minimum Gasteiger partial charge on any atom is -0.494 e. The Kier molecular flexibility index (Phi) is 4.78. The molecule has 17 heavy (non-hydrogen) atoms. The highest BCUT2D eigenvalue weighted by atomic mass is 16.5. The zero-order chi connectivity index (χ0) is 12.8. The van der Waals surface area contributed by atoms with Crippen LogP contribution in [0.5, 0.6) is 5.75 Å². The molecule has 1 rings (SSSR count). The van der Waals surface area contributed by atoms with Crippen LogP contribution >= 0.6 is 0 Å². The Balaban J connectivity index is 2.54. The van der Waals surface area contributed by atoms with Crippen LogP contribution in [0.1, 0.15) is 16.8 Å².